The van der Waals surface area contributed by atoms with Crippen molar-refractivity contribution >= 4 is 11.7 Å². The Kier molecular flexibility index (Phi) is 6.68. The second-order valence-electron chi connectivity index (χ2n) is 5.55. The van der Waals surface area contributed by atoms with E-state index in [1.165, 1.54) is 0 Å². The molecule has 0 aliphatic carbocycles. The van der Waals surface area contributed by atoms with Crippen molar-refractivity contribution in [2.24, 2.45) is 28.0 Å². The minimum atomic E-state index is -0.351. The summed E-state index contributed by atoms with van der Waals surface area (Å²) in [6.07, 6.45) is 1.58. The Morgan fingerprint density at radius 2 is 1.94 bits per heavy atom. The fourth-order valence-corrected chi connectivity index (χ4v) is 1.72. The normalized spacial score (nSPS) is 14.8. The maximum atomic E-state index is 11.2. The lowest BCUT2D eigenvalue weighted by molar-refractivity contribution is -0.121. The van der Waals surface area contributed by atoms with Gasteiger partial charge in [0.25, 0.3) is 0 Å². The Labute approximate surface area is 109 Å². The molecule has 6 N–H and O–H groups in total. The van der Waals surface area contributed by atoms with Crippen molar-refractivity contribution in [3.05, 3.63) is 0 Å². The number of rotatable bonds is 8. The Hall–Kier alpha value is -1.30. The molecule has 6 nitrogen and oxygen atoms in total. The molecule has 0 aromatic carbocycles. The van der Waals surface area contributed by atoms with Gasteiger partial charge in [-0.2, -0.15) is 0 Å². The highest BCUT2D eigenvalue weighted by molar-refractivity contribution is 5.85. The summed E-state index contributed by atoms with van der Waals surface area (Å²) in [5.41, 5.74) is 10.5. The summed E-state index contributed by atoms with van der Waals surface area (Å²) in [6, 6.07) is -0.308. The fraction of sp³-hybridized carbons (Fsp3) is 0.833. The third-order valence-corrected chi connectivity index (χ3v) is 3.12. The second kappa shape index (κ2) is 7.20. The Balaban J connectivity index is 4.10. The Bertz CT molecular complexity index is 300. The average molecular weight is 258 g/mol. The number of hydrogen-bond donors (Lipinski definition) is 4. The van der Waals surface area contributed by atoms with Crippen LogP contribution in [0.2, 0.25) is 0 Å². The number of primary amides is 1. The van der Waals surface area contributed by atoms with Crippen LogP contribution in [0.4, 0.5) is 0 Å². The zero-order valence-electron chi connectivity index (χ0n) is 11.7. The van der Waals surface area contributed by atoms with Gasteiger partial charge in [0.05, 0.1) is 6.04 Å². The van der Waals surface area contributed by atoms with E-state index in [1.54, 1.807) is 0 Å². The van der Waals surface area contributed by atoms with Gasteiger partial charge in [-0.3, -0.25) is 4.79 Å². The minimum absolute atomic E-state index is 0.166. The van der Waals surface area contributed by atoms with E-state index in [1.807, 2.05) is 27.7 Å². The number of nitrogens with one attached hydrogen (secondary N) is 1. The average Bonchev–Trinajstić information content (AvgIpc) is 2.26. The predicted octanol–water partition coefficient (Wildman–Crippen LogP) is 0.639. The number of hydrogen-bond acceptors (Lipinski definition) is 4. The highest BCUT2D eigenvalue weighted by atomic mass is 16.4. The summed E-state index contributed by atoms with van der Waals surface area (Å²) in [5, 5.41) is 14.8. The van der Waals surface area contributed by atoms with Crippen LogP contribution < -0.4 is 16.8 Å². The molecule has 106 valence electrons. The summed E-state index contributed by atoms with van der Waals surface area (Å²) in [7, 11) is 0. The summed E-state index contributed by atoms with van der Waals surface area (Å²) in [5.74, 6) is 0.0538. The summed E-state index contributed by atoms with van der Waals surface area (Å²) < 4.78 is 0. The molecule has 0 rings (SSSR count). The van der Waals surface area contributed by atoms with Gasteiger partial charge in [-0.15, -0.1) is 0 Å². The largest absolute Gasteiger partial charge is 0.409 e. The third kappa shape index (κ3) is 5.35. The lowest BCUT2D eigenvalue weighted by atomic mass is 9.86. The number of carbonyl (C=O) groups excluding carboxylic acids is 1. The van der Waals surface area contributed by atoms with Crippen molar-refractivity contribution < 1.29 is 10.0 Å². The minimum Gasteiger partial charge on any atom is -0.409 e. The van der Waals surface area contributed by atoms with Gasteiger partial charge in [0.2, 0.25) is 5.91 Å². The van der Waals surface area contributed by atoms with Crippen LogP contribution in [-0.4, -0.2) is 29.5 Å². The molecule has 0 saturated heterocycles. The molecule has 0 radical (unpaired) electrons. The Morgan fingerprint density at radius 3 is 2.33 bits per heavy atom. The molecule has 0 aliphatic heterocycles. The number of carbonyl (C=O) groups is 1. The summed E-state index contributed by atoms with van der Waals surface area (Å²) in [6.45, 7) is 8.39. The van der Waals surface area contributed by atoms with E-state index < -0.39 is 0 Å². The molecule has 0 aromatic rings. The molecular weight excluding hydrogens is 232 g/mol. The van der Waals surface area contributed by atoms with Crippen LogP contribution in [0.1, 0.15) is 40.5 Å². The van der Waals surface area contributed by atoms with Crippen LogP contribution in [0.15, 0.2) is 5.16 Å². The van der Waals surface area contributed by atoms with Crippen molar-refractivity contribution in [3.8, 4) is 0 Å². The number of amides is 1. The van der Waals surface area contributed by atoms with Gasteiger partial charge in [0, 0.05) is 5.41 Å². The highest BCUT2D eigenvalue weighted by Gasteiger charge is 2.23. The molecule has 0 aliphatic rings. The van der Waals surface area contributed by atoms with Gasteiger partial charge < -0.3 is 22.0 Å². The highest BCUT2D eigenvalue weighted by Crippen LogP contribution is 2.22. The van der Waals surface area contributed by atoms with E-state index in [2.05, 4.69) is 10.5 Å². The van der Waals surface area contributed by atoms with E-state index in [4.69, 9.17) is 16.7 Å². The van der Waals surface area contributed by atoms with Crippen LogP contribution in [0, 0.1) is 11.3 Å². The molecule has 6 heteroatoms. The van der Waals surface area contributed by atoms with Gasteiger partial charge in [-0.25, -0.2) is 0 Å². The topological polar surface area (TPSA) is 114 Å². The summed E-state index contributed by atoms with van der Waals surface area (Å²) in [4.78, 5) is 11.2. The van der Waals surface area contributed by atoms with E-state index in [-0.39, 0.29) is 29.1 Å². The predicted molar refractivity (Wildman–Crippen MR) is 72.2 cm³/mol. The molecule has 0 heterocycles. The monoisotopic (exact) mass is 258 g/mol. The fourth-order valence-electron chi connectivity index (χ4n) is 1.72. The van der Waals surface area contributed by atoms with E-state index in [0.29, 0.717) is 6.54 Å². The van der Waals surface area contributed by atoms with E-state index >= 15 is 0 Å². The molecular formula is C12H26N4O2. The maximum absolute atomic E-state index is 11.2. The smallest absolute Gasteiger partial charge is 0.234 e. The van der Waals surface area contributed by atoms with Crippen molar-refractivity contribution in [2.45, 2.75) is 46.6 Å². The summed E-state index contributed by atoms with van der Waals surface area (Å²) >= 11 is 0. The molecule has 0 saturated carbocycles. The van der Waals surface area contributed by atoms with Crippen molar-refractivity contribution in [2.75, 3.05) is 6.54 Å². The third-order valence-electron chi connectivity index (χ3n) is 3.12. The van der Waals surface area contributed by atoms with E-state index in [0.717, 1.165) is 12.8 Å². The first-order chi connectivity index (χ1) is 8.22. The van der Waals surface area contributed by atoms with Gasteiger partial charge >= 0.3 is 0 Å². The van der Waals surface area contributed by atoms with Crippen LogP contribution >= 0.6 is 0 Å². The molecule has 1 amide bonds. The molecule has 0 fully saturated rings. The quantitative estimate of drug-likeness (QED) is 0.168. The number of nitrogens with two attached hydrogens (primary N) is 2. The first kappa shape index (κ1) is 16.7. The van der Waals surface area contributed by atoms with Crippen molar-refractivity contribution in [1.82, 2.24) is 5.32 Å². The maximum Gasteiger partial charge on any atom is 0.234 e. The first-order valence-corrected chi connectivity index (χ1v) is 6.23. The van der Waals surface area contributed by atoms with Crippen LogP contribution in [0.5, 0.6) is 0 Å². The zero-order valence-corrected chi connectivity index (χ0v) is 11.7. The van der Waals surface area contributed by atoms with Crippen molar-refractivity contribution in [3.63, 3.8) is 0 Å². The molecule has 0 bridgehead atoms. The number of nitrogens with zero attached hydrogens (tertiary/aromatic N) is 1. The molecule has 18 heavy (non-hydrogen) atoms. The zero-order chi connectivity index (χ0) is 14.3. The second-order valence-corrected chi connectivity index (χ2v) is 5.55. The van der Waals surface area contributed by atoms with Crippen molar-refractivity contribution in [1.29, 1.82) is 0 Å². The van der Waals surface area contributed by atoms with Gasteiger partial charge in [-0.1, -0.05) is 32.9 Å². The lowest BCUT2D eigenvalue weighted by Gasteiger charge is -2.24. The molecule has 0 aromatic heterocycles. The van der Waals surface area contributed by atoms with Gasteiger partial charge in [0.15, 0.2) is 0 Å². The molecule has 0 spiro atoms. The number of oxime groups is 1. The Morgan fingerprint density at radius 1 is 1.39 bits per heavy atom. The van der Waals surface area contributed by atoms with Crippen LogP contribution in [-0.2, 0) is 4.79 Å². The van der Waals surface area contributed by atoms with Crippen LogP contribution in [0.3, 0.4) is 0 Å². The molecule has 1 atom stereocenters. The van der Waals surface area contributed by atoms with Gasteiger partial charge in [0.1, 0.15) is 5.84 Å². The molecule has 1 unspecified atom stereocenters. The number of amidine groups is 1. The van der Waals surface area contributed by atoms with Crippen LogP contribution in [0.25, 0.3) is 0 Å². The lowest BCUT2D eigenvalue weighted by Crippen LogP contribution is -2.45. The standard InChI is InChI=1S/C12H26N4O2/c1-8(2)9(10(13)17)15-7-5-6-12(3,4)11(14)16-18/h8-9,15,18H,5-7H2,1-4H3,(H2,13,17)(H2,14,16). The first-order valence-electron chi connectivity index (χ1n) is 6.23. The SMILES string of the molecule is CC(C)C(NCCCC(C)(C)C(N)=NO)C(N)=O. The van der Waals surface area contributed by atoms with Gasteiger partial charge in [-0.05, 0) is 25.3 Å². The van der Waals surface area contributed by atoms with E-state index in [9.17, 15) is 4.79 Å².